The lowest BCUT2D eigenvalue weighted by Crippen LogP contribution is -2.15. The monoisotopic (exact) mass is 394 g/mol. The van der Waals surface area contributed by atoms with Gasteiger partial charge in [0.15, 0.2) is 5.75 Å². The van der Waals surface area contributed by atoms with Gasteiger partial charge < -0.3 is 19.7 Å². The zero-order valence-corrected chi connectivity index (χ0v) is 14.9. The number of aryl methyl sites for hydroxylation is 1. The number of ether oxygens (including phenoxy) is 1. The van der Waals surface area contributed by atoms with Gasteiger partial charge in [-0.2, -0.15) is 0 Å². The van der Waals surface area contributed by atoms with Gasteiger partial charge >= 0.3 is 5.97 Å². The lowest BCUT2D eigenvalue weighted by atomic mass is 10.2. The summed E-state index contributed by atoms with van der Waals surface area (Å²) in [7, 11) is 1.84. The van der Waals surface area contributed by atoms with Gasteiger partial charge in [-0.15, -0.1) is 0 Å². The molecule has 2 N–H and O–H groups in total. The van der Waals surface area contributed by atoms with Crippen LogP contribution in [-0.2, 0) is 16.6 Å². The van der Waals surface area contributed by atoms with Crippen molar-refractivity contribution < 1.29 is 19.4 Å². The van der Waals surface area contributed by atoms with Crippen molar-refractivity contribution in [2.75, 3.05) is 5.32 Å². The van der Waals surface area contributed by atoms with E-state index in [1.165, 1.54) is 18.5 Å². The van der Waals surface area contributed by atoms with Crippen LogP contribution in [0.15, 0.2) is 30.7 Å². The number of hydrogen-bond acceptors (Lipinski definition) is 5. The molecule has 0 bridgehead atoms. The van der Waals surface area contributed by atoms with Crippen LogP contribution >= 0.6 is 23.2 Å². The van der Waals surface area contributed by atoms with Crippen LogP contribution in [0.4, 0.5) is 5.69 Å². The van der Waals surface area contributed by atoms with E-state index < -0.39 is 18.3 Å². The summed E-state index contributed by atoms with van der Waals surface area (Å²) in [5.74, 6) is -1.49. The Morgan fingerprint density at radius 1 is 1.27 bits per heavy atom. The maximum absolute atomic E-state index is 11.5. The Bertz CT molecular complexity index is 996. The normalized spacial score (nSPS) is 10.7. The minimum Gasteiger partial charge on any atom is -0.481 e. The van der Waals surface area contributed by atoms with E-state index in [1.54, 1.807) is 6.07 Å². The topological polar surface area (TPSA) is 106 Å². The van der Waals surface area contributed by atoms with E-state index in [4.69, 9.17) is 33.0 Å². The molecule has 2 aromatic heterocycles. The fourth-order valence-corrected chi connectivity index (χ4v) is 2.87. The first-order valence-corrected chi connectivity index (χ1v) is 8.05. The first-order chi connectivity index (χ1) is 12.3. The van der Waals surface area contributed by atoms with Crippen LogP contribution in [0.1, 0.15) is 6.42 Å². The Hall–Kier alpha value is -2.84. The molecule has 0 aliphatic carbocycles. The number of aromatic nitrogens is 3. The van der Waals surface area contributed by atoms with E-state index >= 15 is 0 Å². The van der Waals surface area contributed by atoms with E-state index in [-0.39, 0.29) is 27.4 Å². The zero-order chi connectivity index (χ0) is 18.8. The Morgan fingerprint density at radius 3 is 2.62 bits per heavy atom. The predicted octanol–water partition coefficient (Wildman–Crippen LogP) is 3.48. The van der Waals surface area contributed by atoms with E-state index in [0.717, 1.165) is 0 Å². The third-order valence-electron chi connectivity index (χ3n) is 3.42. The summed E-state index contributed by atoms with van der Waals surface area (Å²) in [5.41, 5.74) is 0.936. The number of carboxylic acids is 1. The van der Waals surface area contributed by atoms with Crippen molar-refractivity contribution in [3.63, 3.8) is 0 Å². The summed E-state index contributed by atoms with van der Waals surface area (Å²) in [6.45, 7) is 0. The van der Waals surface area contributed by atoms with Gasteiger partial charge in [0, 0.05) is 18.9 Å². The molecular formula is C16H12Cl2N4O4. The number of nitrogens with one attached hydrogen (secondary N) is 1. The first kappa shape index (κ1) is 18.0. The molecule has 0 saturated carbocycles. The molecule has 0 fully saturated rings. The second-order valence-corrected chi connectivity index (χ2v) is 6.15. The molecule has 0 aliphatic heterocycles. The van der Waals surface area contributed by atoms with Crippen LogP contribution < -0.4 is 10.1 Å². The van der Waals surface area contributed by atoms with Gasteiger partial charge in [-0.1, -0.05) is 23.2 Å². The number of hydrogen-bond donors (Lipinski definition) is 2. The highest BCUT2D eigenvalue weighted by Gasteiger charge is 2.16. The lowest BCUT2D eigenvalue weighted by molar-refractivity contribution is -0.139. The summed E-state index contributed by atoms with van der Waals surface area (Å²) < 4.78 is 7.57. The van der Waals surface area contributed by atoms with Crippen molar-refractivity contribution in [2.45, 2.75) is 6.42 Å². The van der Waals surface area contributed by atoms with Gasteiger partial charge in [0.1, 0.15) is 18.4 Å². The van der Waals surface area contributed by atoms with Gasteiger partial charge in [0.05, 0.1) is 15.4 Å². The molecule has 2 heterocycles. The van der Waals surface area contributed by atoms with Gasteiger partial charge in [-0.3, -0.25) is 9.59 Å². The molecule has 0 aliphatic rings. The lowest BCUT2D eigenvalue weighted by Gasteiger charge is -2.12. The molecular weight excluding hydrogens is 383 g/mol. The summed E-state index contributed by atoms with van der Waals surface area (Å²) in [5, 5.41) is 12.0. The van der Waals surface area contributed by atoms with Crippen LogP contribution in [0.5, 0.6) is 11.6 Å². The summed E-state index contributed by atoms with van der Waals surface area (Å²) in [6.07, 6.45) is 2.51. The van der Waals surface area contributed by atoms with Crippen molar-refractivity contribution in [1.82, 2.24) is 14.5 Å². The molecule has 10 heteroatoms. The van der Waals surface area contributed by atoms with Crippen LogP contribution in [0.3, 0.4) is 0 Å². The van der Waals surface area contributed by atoms with Crippen molar-refractivity contribution in [1.29, 1.82) is 0 Å². The third-order valence-corrected chi connectivity index (χ3v) is 3.98. The highest BCUT2D eigenvalue weighted by Crippen LogP contribution is 2.39. The Balaban J connectivity index is 1.89. The second kappa shape index (κ2) is 7.19. The van der Waals surface area contributed by atoms with E-state index in [1.807, 2.05) is 17.8 Å². The quantitative estimate of drug-likeness (QED) is 0.641. The molecule has 0 radical (unpaired) electrons. The number of carboxylic acid groups (broad SMARTS) is 1. The summed E-state index contributed by atoms with van der Waals surface area (Å²) in [4.78, 5) is 30.4. The predicted molar refractivity (Wildman–Crippen MR) is 95.9 cm³/mol. The first-order valence-electron chi connectivity index (χ1n) is 7.29. The number of rotatable bonds is 5. The molecule has 1 aromatic carbocycles. The van der Waals surface area contributed by atoms with Crippen LogP contribution in [0.25, 0.3) is 11.0 Å². The van der Waals surface area contributed by atoms with Crippen molar-refractivity contribution in [3.05, 3.63) is 40.8 Å². The molecule has 1 amide bonds. The zero-order valence-electron chi connectivity index (χ0n) is 13.4. The fourth-order valence-electron chi connectivity index (χ4n) is 2.30. The number of nitrogens with zero attached hydrogens (tertiary/aromatic N) is 3. The highest BCUT2D eigenvalue weighted by atomic mass is 35.5. The summed E-state index contributed by atoms with van der Waals surface area (Å²) in [6, 6.07) is 4.62. The van der Waals surface area contributed by atoms with Crippen molar-refractivity contribution in [3.8, 4) is 11.6 Å². The molecule has 134 valence electrons. The number of aliphatic carboxylic acids is 1. The van der Waals surface area contributed by atoms with Gasteiger partial charge in [-0.25, -0.2) is 9.97 Å². The largest absolute Gasteiger partial charge is 0.481 e. The number of fused-ring (bicyclic) bond motifs is 1. The molecule has 3 rings (SSSR count). The van der Waals surface area contributed by atoms with Crippen molar-refractivity contribution >= 4 is 51.8 Å². The number of carbonyl (C=O) groups is 2. The minimum atomic E-state index is -1.24. The number of benzene rings is 1. The smallest absolute Gasteiger partial charge is 0.312 e. The SMILES string of the molecule is Cn1ccc2c(Oc3c(Cl)cc(NC(=O)CC(=O)O)cc3Cl)ncnc21. The fraction of sp³-hybridized carbons (Fsp3) is 0.125. The van der Waals surface area contributed by atoms with Gasteiger partial charge in [0.2, 0.25) is 11.8 Å². The van der Waals surface area contributed by atoms with E-state index in [2.05, 4.69) is 15.3 Å². The number of anilines is 1. The van der Waals surface area contributed by atoms with Crippen LogP contribution in [0, 0.1) is 0 Å². The number of amides is 1. The molecule has 3 aromatic rings. The molecule has 0 unspecified atom stereocenters. The van der Waals surface area contributed by atoms with Crippen molar-refractivity contribution in [2.24, 2.45) is 7.05 Å². The molecule has 0 saturated heterocycles. The Morgan fingerprint density at radius 2 is 1.96 bits per heavy atom. The third kappa shape index (κ3) is 3.71. The molecule has 26 heavy (non-hydrogen) atoms. The van der Waals surface area contributed by atoms with E-state index in [0.29, 0.717) is 11.0 Å². The average Bonchev–Trinajstić information content (AvgIpc) is 2.92. The standard InChI is InChI=1S/C16H12Cl2N4O4/c1-22-3-2-9-15(22)19-7-20-16(9)26-14-10(17)4-8(5-11(14)18)21-12(23)6-13(24)25/h2-5,7H,6H2,1H3,(H,21,23)(H,24,25). The highest BCUT2D eigenvalue weighted by molar-refractivity contribution is 6.37. The Kier molecular flexibility index (Phi) is 4.97. The number of carbonyl (C=O) groups excluding carboxylic acids is 1. The van der Waals surface area contributed by atoms with Crippen LogP contribution in [0.2, 0.25) is 10.0 Å². The van der Waals surface area contributed by atoms with Gasteiger partial charge in [-0.05, 0) is 18.2 Å². The van der Waals surface area contributed by atoms with Gasteiger partial charge in [0.25, 0.3) is 0 Å². The average molecular weight is 395 g/mol. The maximum Gasteiger partial charge on any atom is 0.312 e. The number of halogens is 2. The van der Waals surface area contributed by atoms with E-state index in [9.17, 15) is 9.59 Å². The Labute approximate surface area is 157 Å². The molecule has 0 spiro atoms. The molecule has 8 nitrogen and oxygen atoms in total. The second-order valence-electron chi connectivity index (χ2n) is 5.33. The maximum atomic E-state index is 11.5. The summed E-state index contributed by atoms with van der Waals surface area (Å²) >= 11 is 12.4. The minimum absolute atomic E-state index is 0.130. The molecule has 0 atom stereocenters. The van der Waals surface area contributed by atoms with Crippen LogP contribution in [-0.4, -0.2) is 31.5 Å².